The Hall–Kier alpha value is -2.08. The average molecular weight is 405 g/mol. The third kappa shape index (κ3) is 4.51. The topological polar surface area (TPSA) is 71.3 Å². The molecule has 5 nitrogen and oxygen atoms in total. The molecule has 0 saturated heterocycles. The molecule has 0 bridgehead atoms. The summed E-state index contributed by atoms with van der Waals surface area (Å²) in [5.41, 5.74) is 1.97. The summed E-state index contributed by atoms with van der Waals surface area (Å²) in [5.74, 6) is 0.721. The van der Waals surface area contributed by atoms with Crippen LogP contribution >= 0.6 is 15.9 Å². The third-order valence-corrected chi connectivity index (χ3v) is 4.96. The van der Waals surface area contributed by atoms with Crippen molar-refractivity contribution in [3.63, 3.8) is 0 Å². The Bertz CT molecular complexity index is 754. The van der Waals surface area contributed by atoms with Crippen LogP contribution < -0.4 is 10.6 Å². The van der Waals surface area contributed by atoms with E-state index in [2.05, 4.69) is 26.6 Å². The first-order valence-corrected chi connectivity index (χ1v) is 9.20. The number of hydrogen-bond donors (Lipinski definition) is 2. The van der Waals surface area contributed by atoms with E-state index in [4.69, 9.17) is 4.42 Å². The van der Waals surface area contributed by atoms with Gasteiger partial charge in [-0.3, -0.25) is 9.59 Å². The number of amides is 2. The van der Waals surface area contributed by atoms with E-state index in [0.717, 1.165) is 40.6 Å². The van der Waals surface area contributed by atoms with Crippen molar-refractivity contribution in [2.24, 2.45) is 0 Å². The normalized spacial score (nSPS) is 17.4. The summed E-state index contributed by atoms with van der Waals surface area (Å²) in [4.78, 5) is 24.1. The molecule has 2 amide bonds. The van der Waals surface area contributed by atoms with Crippen LogP contribution in [0.2, 0.25) is 0 Å². The van der Waals surface area contributed by atoms with Crippen LogP contribution in [0.3, 0.4) is 0 Å². The van der Waals surface area contributed by atoms with Crippen LogP contribution in [0, 0.1) is 0 Å². The molecule has 1 aromatic heterocycles. The Morgan fingerprint density at radius 3 is 2.76 bits per heavy atom. The smallest absolute Gasteiger partial charge is 0.222 e. The second-order valence-corrected chi connectivity index (χ2v) is 7.24. The molecular weight excluding hydrogens is 384 g/mol. The lowest BCUT2D eigenvalue weighted by atomic mass is 9.93. The van der Waals surface area contributed by atoms with Gasteiger partial charge in [0.15, 0.2) is 0 Å². The summed E-state index contributed by atoms with van der Waals surface area (Å²) in [5, 5.41) is 5.95. The van der Waals surface area contributed by atoms with Gasteiger partial charge in [0.1, 0.15) is 5.76 Å². The quantitative estimate of drug-likeness (QED) is 0.795. The summed E-state index contributed by atoms with van der Waals surface area (Å²) in [6.07, 6.45) is 4.69. The molecule has 2 atom stereocenters. The second kappa shape index (κ2) is 7.87. The van der Waals surface area contributed by atoms with Crippen molar-refractivity contribution < 1.29 is 14.0 Å². The van der Waals surface area contributed by atoms with Gasteiger partial charge < -0.3 is 15.1 Å². The van der Waals surface area contributed by atoms with Crippen LogP contribution in [0.1, 0.15) is 55.2 Å². The molecule has 2 aromatic rings. The number of halogens is 1. The number of carbonyl (C=O) groups excluding carboxylic acids is 2. The second-order valence-electron chi connectivity index (χ2n) is 6.32. The molecule has 0 aliphatic heterocycles. The molecule has 0 saturated carbocycles. The zero-order valence-corrected chi connectivity index (χ0v) is 15.6. The predicted molar refractivity (Wildman–Crippen MR) is 97.8 cm³/mol. The minimum absolute atomic E-state index is 0.0158. The fourth-order valence-corrected chi connectivity index (χ4v) is 3.53. The molecule has 2 N–H and O–H groups in total. The van der Waals surface area contributed by atoms with Crippen molar-refractivity contribution >= 4 is 27.7 Å². The minimum atomic E-state index is -0.349. The van der Waals surface area contributed by atoms with E-state index >= 15 is 0 Å². The number of aryl methyl sites for hydroxylation is 1. The van der Waals surface area contributed by atoms with Crippen LogP contribution in [0.25, 0.3) is 0 Å². The van der Waals surface area contributed by atoms with Crippen molar-refractivity contribution in [1.29, 1.82) is 0 Å². The highest BCUT2D eigenvalue weighted by molar-refractivity contribution is 9.10. The van der Waals surface area contributed by atoms with Crippen LogP contribution in [0.15, 0.2) is 45.5 Å². The summed E-state index contributed by atoms with van der Waals surface area (Å²) < 4.78 is 6.42. The van der Waals surface area contributed by atoms with Gasteiger partial charge in [-0.15, -0.1) is 0 Å². The third-order valence-electron chi connectivity index (χ3n) is 4.43. The van der Waals surface area contributed by atoms with Crippen LogP contribution in [-0.4, -0.2) is 11.8 Å². The maximum Gasteiger partial charge on any atom is 0.222 e. The molecule has 6 heteroatoms. The van der Waals surface area contributed by atoms with Crippen LogP contribution in [-0.2, 0) is 16.0 Å². The maximum atomic E-state index is 12.6. The van der Waals surface area contributed by atoms with Crippen LogP contribution in [0.5, 0.6) is 0 Å². The molecule has 1 aliphatic rings. The fourth-order valence-electron chi connectivity index (χ4n) is 3.27. The van der Waals surface area contributed by atoms with Crippen LogP contribution in [0.4, 0.5) is 0 Å². The standard InChI is InChI=1S/C19H21BrN2O3/c1-12(23)21-17(13-5-7-14(20)8-6-13)11-19(24)22-16-3-2-4-18-15(16)9-10-25-18/h5-10,16-17H,2-4,11H2,1H3,(H,21,23)(H,22,24). The average Bonchev–Trinajstić information content (AvgIpc) is 3.04. The lowest BCUT2D eigenvalue weighted by molar-refractivity contribution is -0.123. The number of rotatable bonds is 5. The molecular formula is C19H21BrN2O3. The molecule has 1 aromatic carbocycles. The van der Waals surface area contributed by atoms with E-state index in [1.54, 1.807) is 6.26 Å². The van der Waals surface area contributed by atoms with Gasteiger partial charge in [0.25, 0.3) is 0 Å². The summed E-state index contributed by atoms with van der Waals surface area (Å²) >= 11 is 3.40. The van der Waals surface area contributed by atoms with Gasteiger partial charge in [-0.25, -0.2) is 0 Å². The van der Waals surface area contributed by atoms with Gasteiger partial charge in [-0.05, 0) is 36.6 Å². The van der Waals surface area contributed by atoms with Gasteiger partial charge in [0.2, 0.25) is 11.8 Å². The zero-order valence-electron chi connectivity index (χ0n) is 14.0. The molecule has 25 heavy (non-hydrogen) atoms. The lowest BCUT2D eigenvalue weighted by Gasteiger charge is -2.24. The first-order chi connectivity index (χ1) is 12.0. The first kappa shape index (κ1) is 17.7. The van der Waals surface area contributed by atoms with Crippen molar-refractivity contribution in [2.45, 2.75) is 44.7 Å². The monoisotopic (exact) mass is 404 g/mol. The van der Waals surface area contributed by atoms with Crippen molar-refractivity contribution in [2.75, 3.05) is 0 Å². The Balaban J connectivity index is 1.68. The minimum Gasteiger partial charge on any atom is -0.469 e. The lowest BCUT2D eigenvalue weighted by Crippen LogP contribution is -2.35. The molecule has 1 heterocycles. The van der Waals surface area contributed by atoms with Crippen molar-refractivity contribution in [3.8, 4) is 0 Å². The highest BCUT2D eigenvalue weighted by Gasteiger charge is 2.25. The van der Waals surface area contributed by atoms with Crippen molar-refractivity contribution in [3.05, 3.63) is 58.0 Å². The van der Waals surface area contributed by atoms with E-state index in [1.165, 1.54) is 6.92 Å². The van der Waals surface area contributed by atoms with Gasteiger partial charge in [0, 0.05) is 23.4 Å². The molecule has 0 radical (unpaired) electrons. The Kier molecular flexibility index (Phi) is 5.58. The zero-order chi connectivity index (χ0) is 17.8. The van der Waals surface area contributed by atoms with Gasteiger partial charge >= 0.3 is 0 Å². The SMILES string of the molecule is CC(=O)NC(CC(=O)NC1CCCc2occc21)c1ccc(Br)cc1. The molecule has 2 unspecified atom stereocenters. The fraction of sp³-hybridized carbons (Fsp3) is 0.368. The Morgan fingerprint density at radius 1 is 1.28 bits per heavy atom. The summed E-state index contributed by atoms with van der Waals surface area (Å²) in [6.45, 7) is 1.46. The molecule has 1 aliphatic carbocycles. The number of nitrogens with one attached hydrogen (secondary N) is 2. The molecule has 3 rings (SSSR count). The largest absolute Gasteiger partial charge is 0.469 e. The number of carbonyl (C=O) groups is 2. The highest BCUT2D eigenvalue weighted by Crippen LogP contribution is 2.30. The molecule has 132 valence electrons. The molecule has 0 fully saturated rings. The van der Waals surface area contributed by atoms with Gasteiger partial charge in [-0.1, -0.05) is 28.1 Å². The van der Waals surface area contributed by atoms with E-state index in [9.17, 15) is 9.59 Å². The number of fused-ring (bicyclic) bond motifs is 1. The maximum absolute atomic E-state index is 12.6. The van der Waals surface area contributed by atoms with E-state index in [1.807, 2.05) is 30.3 Å². The highest BCUT2D eigenvalue weighted by atomic mass is 79.9. The number of furan rings is 1. The summed E-state index contributed by atoms with van der Waals surface area (Å²) in [7, 11) is 0. The number of benzene rings is 1. The predicted octanol–water partition coefficient (Wildman–Crippen LogP) is 3.80. The van der Waals surface area contributed by atoms with E-state index in [0.29, 0.717) is 0 Å². The Morgan fingerprint density at radius 2 is 2.04 bits per heavy atom. The van der Waals surface area contributed by atoms with E-state index < -0.39 is 0 Å². The van der Waals surface area contributed by atoms with E-state index in [-0.39, 0.29) is 30.3 Å². The first-order valence-electron chi connectivity index (χ1n) is 8.41. The van der Waals surface area contributed by atoms with Gasteiger partial charge in [-0.2, -0.15) is 0 Å². The summed E-state index contributed by atoms with van der Waals surface area (Å²) in [6, 6.07) is 9.19. The molecule has 0 spiro atoms. The number of hydrogen-bond acceptors (Lipinski definition) is 3. The van der Waals surface area contributed by atoms with Crippen molar-refractivity contribution in [1.82, 2.24) is 10.6 Å². The Labute approximate surface area is 155 Å². The van der Waals surface area contributed by atoms with Gasteiger partial charge in [0.05, 0.1) is 24.8 Å².